The van der Waals surface area contributed by atoms with Crippen LogP contribution >= 0.6 is 11.8 Å². The van der Waals surface area contributed by atoms with Gasteiger partial charge in [-0.3, -0.25) is 14.1 Å². The molecule has 1 aromatic heterocycles. The Hall–Kier alpha value is -1.57. The molecule has 1 heterocycles. The summed E-state index contributed by atoms with van der Waals surface area (Å²) in [7, 11) is 1.55. The summed E-state index contributed by atoms with van der Waals surface area (Å²) in [5, 5.41) is 4.84. The van der Waals surface area contributed by atoms with E-state index in [1.807, 2.05) is 0 Å². The lowest BCUT2D eigenvalue weighted by molar-refractivity contribution is -0.747. The zero-order valence-electron chi connectivity index (χ0n) is 9.91. The predicted octanol–water partition coefficient (Wildman–Crippen LogP) is -0.445. The lowest BCUT2D eigenvalue weighted by Crippen LogP contribution is -2.61. The van der Waals surface area contributed by atoms with E-state index in [0.29, 0.717) is 5.75 Å². The number of carbonyl (C=O) groups is 2. The van der Waals surface area contributed by atoms with Gasteiger partial charge in [0.15, 0.2) is 5.12 Å². The number of hydrogen-bond donors (Lipinski definition) is 1. The summed E-state index contributed by atoms with van der Waals surface area (Å²) in [6.45, 7) is 3.22. The number of thioether (sulfide) groups is 1. The van der Waals surface area contributed by atoms with Crippen molar-refractivity contribution >= 4 is 28.7 Å². The Kier molecular flexibility index (Phi) is 4.50. The number of carbonyl (C=O) groups excluding carboxylic acids is 2. The van der Waals surface area contributed by atoms with Crippen molar-refractivity contribution in [3.63, 3.8) is 0 Å². The number of hydrogen-bond acceptors (Lipinski definition) is 6. The summed E-state index contributed by atoms with van der Waals surface area (Å²) in [6, 6.07) is 0. The summed E-state index contributed by atoms with van der Waals surface area (Å²) in [6.07, 6.45) is 1.39. The molecule has 7 nitrogen and oxygen atoms in total. The number of nitrogens with zero attached hydrogens (tertiary/aromatic N) is 3. The lowest BCUT2D eigenvalue weighted by atomic mass is 10.2. The van der Waals surface area contributed by atoms with Crippen LogP contribution in [0, 0.1) is 5.92 Å². The van der Waals surface area contributed by atoms with E-state index in [1.165, 1.54) is 22.9 Å². The van der Waals surface area contributed by atoms with E-state index in [0.717, 1.165) is 11.8 Å². The van der Waals surface area contributed by atoms with Gasteiger partial charge in [-0.15, -0.1) is 0 Å². The molecule has 0 aliphatic carbocycles. The van der Waals surface area contributed by atoms with Gasteiger partial charge in [-0.05, 0) is 0 Å². The second kappa shape index (κ2) is 5.67. The molecule has 94 valence electrons. The molecule has 1 rings (SSSR count). The average molecular weight is 259 g/mol. The molecular weight excluding hydrogens is 244 g/mol. The van der Waals surface area contributed by atoms with Crippen LogP contribution in [0.3, 0.4) is 0 Å². The summed E-state index contributed by atoms with van der Waals surface area (Å²) in [4.78, 5) is 23.9. The molecule has 1 amide bonds. The quantitative estimate of drug-likeness (QED) is 0.736. The molecule has 8 heteroatoms. The topological polar surface area (TPSA) is 93.3 Å². The molecular formula is C9H15N4O3S+. The van der Waals surface area contributed by atoms with Crippen molar-refractivity contribution in [2.24, 2.45) is 5.92 Å². The number of rotatable bonds is 4. The monoisotopic (exact) mass is 259 g/mol. The Morgan fingerprint density at radius 3 is 2.82 bits per heavy atom. The summed E-state index contributed by atoms with van der Waals surface area (Å²) in [5.41, 5.74) is 5.35. The fraction of sp³-hybridized carbons (Fsp3) is 0.556. The highest BCUT2D eigenvalue weighted by Crippen LogP contribution is 2.10. The standard InChI is InChI=1S/C9H15N4O3S/c1-6(5-17-7(2)14)9(15)12(3)13-4-8(10)16-11-13/h4,6H,5,10H2,1-3H3/q+1/t6-/m1/s1. The van der Waals surface area contributed by atoms with Gasteiger partial charge in [-0.1, -0.05) is 23.7 Å². The van der Waals surface area contributed by atoms with E-state index in [1.54, 1.807) is 14.0 Å². The zero-order chi connectivity index (χ0) is 13.0. The number of amides is 1. The molecule has 0 radical (unpaired) electrons. The van der Waals surface area contributed by atoms with E-state index >= 15 is 0 Å². The van der Waals surface area contributed by atoms with Crippen LogP contribution in [-0.4, -0.2) is 29.1 Å². The van der Waals surface area contributed by atoms with Gasteiger partial charge in [-0.2, -0.15) is 0 Å². The van der Waals surface area contributed by atoms with Gasteiger partial charge in [0.1, 0.15) is 0 Å². The molecule has 0 aliphatic rings. The van der Waals surface area contributed by atoms with Crippen LogP contribution in [-0.2, 0) is 9.59 Å². The predicted molar refractivity (Wildman–Crippen MR) is 62.6 cm³/mol. The molecule has 0 unspecified atom stereocenters. The van der Waals surface area contributed by atoms with Gasteiger partial charge < -0.3 is 5.73 Å². The van der Waals surface area contributed by atoms with E-state index in [2.05, 4.69) is 9.79 Å². The van der Waals surface area contributed by atoms with Gasteiger partial charge >= 0.3 is 0 Å². The molecule has 0 saturated carbocycles. The van der Waals surface area contributed by atoms with Crippen LogP contribution in [0.25, 0.3) is 0 Å². The molecule has 0 aliphatic heterocycles. The Morgan fingerprint density at radius 2 is 2.35 bits per heavy atom. The van der Waals surface area contributed by atoms with Crippen LogP contribution in [0.4, 0.5) is 5.88 Å². The van der Waals surface area contributed by atoms with Gasteiger partial charge in [-0.25, -0.2) is 0 Å². The second-order valence-corrected chi connectivity index (χ2v) is 4.79. The molecule has 0 bridgehead atoms. The fourth-order valence-corrected chi connectivity index (χ4v) is 1.75. The van der Waals surface area contributed by atoms with Crippen molar-refractivity contribution in [1.29, 1.82) is 0 Å². The van der Waals surface area contributed by atoms with Gasteiger partial charge in [0, 0.05) is 12.7 Å². The number of nitrogen functional groups attached to an aromatic ring is 1. The van der Waals surface area contributed by atoms with Crippen molar-refractivity contribution < 1.29 is 18.9 Å². The van der Waals surface area contributed by atoms with Crippen LogP contribution in [0.5, 0.6) is 0 Å². The van der Waals surface area contributed by atoms with Gasteiger partial charge in [0.05, 0.1) is 17.8 Å². The van der Waals surface area contributed by atoms with E-state index in [-0.39, 0.29) is 22.8 Å². The molecule has 0 spiro atoms. The van der Waals surface area contributed by atoms with Crippen molar-refractivity contribution in [1.82, 2.24) is 5.27 Å². The molecule has 1 aromatic rings. The second-order valence-electron chi connectivity index (χ2n) is 3.59. The molecule has 17 heavy (non-hydrogen) atoms. The number of aromatic nitrogens is 2. The number of nitrogens with two attached hydrogens (primary N) is 1. The third-order valence-corrected chi connectivity index (χ3v) is 3.13. The van der Waals surface area contributed by atoms with Crippen LogP contribution in [0.1, 0.15) is 13.8 Å². The molecule has 0 fully saturated rings. The van der Waals surface area contributed by atoms with Crippen molar-refractivity contribution in [3.8, 4) is 0 Å². The Labute approximate surface area is 103 Å². The van der Waals surface area contributed by atoms with E-state index in [9.17, 15) is 9.59 Å². The third kappa shape index (κ3) is 3.74. The highest BCUT2D eigenvalue weighted by molar-refractivity contribution is 8.13. The van der Waals surface area contributed by atoms with Crippen LogP contribution in [0.2, 0.25) is 0 Å². The van der Waals surface area contributed by atoms with Crippen molar-refractivity contribution in [2.45, 2.75) is 13.8 Å². The molecule has 0 aromatic carbocycles. The lowest BCUT2D eigenvalue weighted by Gasteiger charge is -2.11. The van der Waals surface area contributed by atoms with Crippen molar-refractivity contribution in [3.05, 3.63) is 6.20 Å². The first kappa shape index (κ1) is 13.5. The molecule has 0 saturated heterocycles. The largest absolute Gasteiger partial charge is 0.362 e. The highest BCUT2D eigenvalue weighted by atomic mass is 32.2. The zero-order valence-corrected chi connectivity index (χ0v) is 10.7. The Bertz CT molecular complexity index is 420. The average Bonchev–Trinajstić information content (AvgIpc) is 2.70. The summed E-state index contributed by atoms with van der Waals surface area (Å²) < 4.78 is 4.65. The minimum atomic E-state index is -0.292. The highest BCUT2D eigenvalue weighted by Gasteiger charge is 2.27. The minimum absolute atomic E-state index is 0.00867. The Balaban J connectivity index is 2.60. The van der Waals surface area contributed by atoms with Crippen molar-refractivity contribution in [2.75, 3.05) is 23.5 Å². The number of anilines is 1. The maximum Gasteiger partial charge on any atom is 0.296 e. The third-order valence-electron chi connectivity index (χ3n) is 2.06. The normalized spacial score (nSPS) is 12.2. The smallest absolute Gasteiger partial charge is 0.296 e. The van der Waals surface area contributed by atoms with E-state index < -0.39 is 0 Å². The maximum atomic E-state index is 11.9. The van der Waals surface area contributed by atoms with Crippen LogP contribution in [0.15, 0.2) is 10.7 Å². The maximum absolute atomic E-state index is 11.9. The Morgan fingerprint density at radius 1 is 1.71 bits per heavy atom. The SMILES string of the molecule is CC(=O)SC[C@@H](C)C(=O)N(C)[n+]1cc(N)on1. The van der Waals surface area contributed by atoms with Gasteiger partial charge in [0.25, 0.3) is 18.0 Å². The molecule has 2 N–H and O–H groups in total. The first-order valence-corrected chi connectivity index (χ1v) is 5.95. The van der Waals surface area contributed by atoms with Gasteiger partial charge in [0.2, 0.25) is 5.27 Å². The summed E-state index contributed by atoms with van der Waals surface area (Å²) in [5.74, 6) is 0.0960. The minimum Gasteiger partial charge on any atom is -0.362 e. The van der Waals surface area contributed by atoms with Crippen LogP contribution < -0.4 is 15.5 Å². The molecule has 1 atom stereocenters. The summed E-state index contributed by atoms with van der Waals surface area (Å²) >= 11 is 1.12. The van der Waals surface area contributed by atoms with E-state index in [4.69, 9.17) is 5.73 Å². The fourth-order valence-electron chi connectivity index (χ4n) is 1.12. The first-order valence-electron chi connectivity index (χ1n) is 4.97. The first-order chi connectivity index (χ1) is 7.91.